The zero-order chi connectivity index (χ0) is 25.8. The molecule has 4 rings (SSSR count). The number of likely N-dealkylation sites (N-methyl/N-ethyl adjacent to an activating group) is 1. The van der Waals surface area contributed by atoms with E-state index in [1.807, 2.05) is 20.8 Å². The summed E-state index contributed by atoms with van der Waals surface area (Å²) in [6.07, 6.45) is 2.53. The SMILES string of the molecule is CNCC(O)COc1ccc(Cl)c(-c2nc(NC3CCC(OC)C3)c(C)c(-c3c(C)noc3C)n2)c1. The van der Waals surface area contributed by atoms with Crippen molar-refractivity contribution in [1.29, 1.82) is 0 Å². The number of ether oxygens (including phenoxy) is 2. The summed E-state index contributed by atoms with van der Waals surface area (Å²) in [7, 11) is 3.53. The molecule has 3 N–H and O–H groups in total. The van der Waals surface area contributed by atoms with Crippen LogP contribution in [0.1, 0.15) is 36.3 Å². The molecular weight excluding hydrogens is 482 g/mol. The van der Waals surface area contributed by atoms with Crippen LogP contribution in [-0.4, -0.2) is 65.8 Å². The van der Waals surface area contributed by atoms with Gasteiger partial charge in [0.2, 0.25) is 0 Å². The summed E-state index contributed by atoms with van der Waals surface area (Å²) in [5, 5.41) is 21.2. The third-order valence-corrected chi connectivity index (χ3v) is 6.87. The largest absolute Gasteiger partial charge is 0.491 e. The third kappa shape index (κ3) is 5.81. The highest BCUT2D eigenvalue weighted by atomic mass is 35.5. The number of aliphatic hydroxyl groups excluding tert-OH is 1. The minimum absolute atomic E-state index is 0.149. The van der Waals surface area contributed by atoms with Crippen LogP contribution in [0.25, 0.3) is 22.6 Å². The second-order valence-electron chi connectivity index (χ2n) is 9.24. The lowest BCUT2D eigenvalue weighted by Gasteiger charge is -2.19. The van der Waals surface area contributed by atoms with Gasteiger partial charge in [0.25, 0.3) is 0 Å². The number of anilines is 1. The maximum Gasteiger partial charge on any atom is 0.163 e. The number of hydrogen-bond acceptors (Lipinski definition) is 9. The Morgan fingerprint density at radius 3 is 2.69 bits per heavy atom. The molecule has 1 fully saturated rings. The standard InChI is InChI=1S/C26H34ClN5O4/c1-14-24(23-15(2)32-36-16(23)3)30-26(31-25(14)29-17-6-7-19(10-17)34-5)21-11-20(8-9-22(21)27)35-13-18(33)12-28-4/h8-9,11,17-19,28,33H,6-7,10,12-13H2,1-5H3,(H,29,30,31). The summed E-state index contributed by atoms with van der Waals surface area (Å²) in [5.74, 6) is 2.46. The summed E-state index contributed by atoms with van der Waals surface area (Å²) in [5.41, 5.74) is 3.89. The number of rotatable bonds is 10. The van der Waals surface area contributed by atoms with Crippen molar-refractivity contribution < 1.29 is 19.1 Å². The molecule has 0 spiro atoms. The van der Waals surface area contributed by atoms with E-state index in [0.29, 0.717) is 34.5 Å². The highest BCUT2D eigenvalue weighted by Gasteiger charge is 2.27. The quantitative estimate of drug-likeness (QED) is 0.363. The van der Waals surface area contributed by atoms with Crippen molar-refractivity contribution in [2.45, 2.75) is 58.3 Å². The van der Waals surface area contributed by atoms with Gasteiger partial charge in [-0.15, -0.1) is 0 Å². The molecule has 0 aliphatic heterocycles. The number of aromatic nitrogens is 3. The molecule has 9 nitrogen and oxygen atoms in total. The van der Waals surface area contributed by atoms with Gasteiger partial charge in [-0.25, -0.2) is 9.97 Å². The molecule has 0 amide bonds. The summed E-state index contributed by atoms with van der Waals surface area (Å²) >= 11 is 6.62. The topological polar surface area (TPSA) is 115 Å². The van der Waals surface area contributed by atoms with Gasteiger partial charge in [0, 0.05) is 30.8 Å². The van der Waals surface area contributed by atoms with E-state index in [9.17, 15) is 5.11 Å². The van der Waals surface area contributed by atoms with Crippen LogP contribution in [0.2, 0.25) is 5.02 Å². The first-order chi connectivity index (χ1) is 17.3. The second kappa shape index (κ2) is 11.6. The predicted octanol–water partition coefficient (Wildman–Crippen LogP) is 4.32. The van der Waals surface area contributed by atoms with E-state index >= 15 is 0 Å². The Morgan fingerprint density at radius 1 is 1.22 bits per heavy atom. The highest BCUT2D eigenvalue weighted by molar-refractivity contribution is 6.33. The molecule has 1 saturated carbocycles. The summed E-state index contributed by atoms with van der Waals surface area (Å²) in [6, 6.07) is 5.57. The number of benzene rings is 1. The second-order valence-corrected chi connectivity index (χ2v) is 9.65. The van der Waals surface area contributed by atoms with Gasteiger partial charge >= 0.3 is 0 Å². The minimum atomic E-state index is -0.631. The van der Waals surface area contributed by atoms with E-state index in [0.717, 1.165) is 47.6 Å². The lowest BCUT2D eigenvalue weighted by molar-refractivity contribution is 0.108. The number of nitrogens with one attached hydrogen (secondary N) is 2. The Labute approximate surface area is 216 Å². The van der Waals surface area contributed by atoms with E-state index in [1.165, 1.54) is 0 Å². The average molecular weight is 516 g/mol. The maximum atomic E-state index is 10.0. The van der Waals surface area contributed by atoms with Crippen molar-refractivity contribution >= 4 is 17.4 Å². The zero-order valence-electron chi connectivity index (χ0n) is 21.4. The number of hydrogen-bond donors (Lipinski definition) is 3. The summed E-state index contributed by atoms with van der Waals surface area (Å²) < 4.78 is 16.8. The fraction of sp³-hybridized carbons (Fsp3) is 0.500. The molecule has 2 heterocycles. The zero-order valence-corrected chi connectivity index (χ0v) is 22.1. The Kier molecular flexibility index (Phi) is 8.46. The molecule has 194 valence electrons. The van der Waals surface area contributed by atoms with Crippen molar-refractivity contribution in [3.8, 4) is 28.4 Å². The van der Waals surface area contributed by atoms with Crippen molar-refractivity contribution in [2.75, 3.05) is 32.6 Å². The molecule has 3 atom stereocenters. The van der Waals surface area contributed by atoms with E-state index < -0.39 is 6.10 Å². The first kappa shape index (κ1) is 26.3. The minimum Gasteiger partial charge on any atom is -0.491 e. The van der Waals surface area contributed by atoms with E-state index in [-0.39, 0.29) is 18.8 Å². The van der Waals surface area contributed by atoms with Crippen LogP contribution in [-0.2, 0) is 4.74 Å². The molecule has 10 heteroatoms. The van der Waals surface area contributed by atoms with Crippen molar-refractivity contribution in [3.63, 3.8) is 0 Å². The van der Waals surface area contributed by atoms with Crippen LogP contribution in [0, 0.1) is 20.8 Å². The van der Waals surface area contributed by atoms with Crippen molar-refractivity contribution in [3.05, 3.63) is 40.2 Å². The smallest absolute Gasteiger partial charge is 0.163 e. The first-order valence-corrected chi connectivity index (χ1v) is 12.5. The van der Waals surface area contributed by atoms with Gasteiger partial charge in [-0.2, -0.15) is 0 Å². The third-order valence-electron chi connectivity index (χ3n) is 6.54. The number of nitrogens with zero attached hydrogens (tertiary/aromatic N) is 3. The lowest BCUT2D eigenvalue weighted by Crippen LogP contribution is -2.29. The Hall–Kier alpha value is -2.72. The Balaban J connectivity index is 1.75. The fourth-order valence-electron chi connectivity index (χ4n) is 4.57. The summed E-state index contributed by atoms with van der Waals surface area (Å²) in [4.78, 5) is 9.82. The van der Waals surface area contributed by atoms with Crippen LogP contribution in [0.4, 0.5) is 5.82 Å². The Morgan fingerprint density at radius 2 is 2.03 bits per heavy atom. The molecule has 3 aromatic rings. The monoisotopic (exact) mass is 515 g/mol. The van der Waals surface area contributed by atoms with Gasteiger partial charge in [-0.05, 0) is 65.3 Å². The van der Waals surface area contributed by atoms with Gasteiger partial charge in [-0.1, -0.05) is 16.8 Å². The number of methoxy groups -OCH3 is 1. The molecule has 1 aromatic carbocycles. The van der Waals surface area contributed by atoms with Crippen LogP contribution in [0.15, 0.2) is 22.7 Å². The fourth-order valence-corrected chi connectivity index (χ4v) is 4.78. The molecule has 1 aliphatic carbocycles. The maximum absolute atomic E-state index is 10.0. The number of aryl methyl sites for hydroxylation is 2. The van der Waals surface area contributed by atoms with Gasteiger partial charge in [-0.3, -0.25) is 0 Å². The average Bonchev–Trinajstić information content (AvgIpc) is 3.45. The Bertz CT molecular complexity index is 1180. The number of halogens is 1. The van der Waals surface area contributed by atoms with Crippen LogP contribution >= 0.6 is 11.6 Å². The molecule has 3 unspecified atom stereocenters. The van der Waals surface area contributed by atoms with Crippen molar-refractivity contribution in [1.82, 2.24) is 20.4 Å². The van der Waals surface area contributed by atoms with E-state index in [1.54, 1.807) is 32.4 Å². The van der Waals surface area contributed by atoms with E-state index in [2.05, 4.69) is 15.8 Å². The highest BCUT2D eigenvalue weighted by Crippen LogP contribution is 2.37. The molecular formula is C26H34ClN5O4. The number of aliphatic hydroxyl groups is 1. The normalized spacial score (nSPS) is 18.4. The van der Waals surface area contributed by atoms with Gasteiger partial charge < -0.3 is 29.7 Å². The van der Waals surface area contributed by atoms with Gasteiger partial charge in [0.05, 0.1) is 28.1 Å². The molecule has 2 aromatic heterocycles. The molecule has 0 radical (unpaired) electrons. The van der Waals surface area contributed by atoms with Crippen LogP contribution in [0.3, 0.4) is 0 Å². The molecule has 0 saturated heterocycles. The molecule has 36 heavy (non-hydrogen) atoms. The van der Waals surface area contributed by atoms with Crippen LogP contribution in [0.5, 0.6) is 5.75 Å². The summed E-state index contributed by atoms with van der Waals surface area (Å²) in [6.45, 7) is 6.36. The van der Waals surface area contributed by atoms with Crippen LogP contribution < -0.4 is 15.4 Å². The molecule has 0 bridgehead atoms. The predicted molar refractivity (Wildman–Crippen MR) is 140 cm³/mol. The van der Waals surface area contributed by atoms with Crippen molar-refractivity contribution in [2.24, 2.45) is 0 Å². The lowest BCUT2D eigenvalue weighted by atomic mass is 10.0. The first-order valence-electron chi connectivity index (χ1n) is 12.2. The molecule has 1 aliphatic rings. The van der Waals surface area contributed by atoms with E-state index in [4.69, 9.17) is 35.6 Å². The van der Waals surface area contributed by atoms with Gasteiger partial charge in [0.15, 0.2) is 5.82 Å². The van der Waals surface area contributed by atoms with Gasteiger partial charge in [0.1, 0.15) is 30.0 Å².